The van der Waals surface area contributed by atoms with Crippen LogP contribution in [0.2, 0.25) is 0 Å². The van der Waals surface area contributed by atoms with Crippen molar-refractivity contribution in [1.29, 1.82) is 0 Å². The van der Waals surface area contributed by atoms with E-state index in [-0.39, 0.29) is 6.61 Å². The molecule has 0 radical (unpaired) electrons. The van der Waals surface area contributed by atoms with Crippen molar-refractivity contribution in [2.45, 2.75) is 50.5 Å². The summed E-state index contributed by atoms with van der Waals surface area (Å²) in [5, 5.41) is 9.45. The first-order chi connectivity index (χ1) is 9.51. The van der Waals surface area contributed by atoms with E-state index in [2.05, 4.69) is 50.4 Å². The molecule has 3 rings (SSSR count). The Hall–Kier alpha value is 0.140. The zero-order valence-corrected chi connectivity index (χ0v) is 14.5. The highest BCUT2D eigenvalue weighted by Crippen LogP contribution is 2.61. The highest BCUT2D eigenvalue weighted by Gasteiger charge is 2.47. The van der Waals surface area contributed by atoms with Gasteiger partial charge in [-0.25, -0.2) is 0 Å². The van der Waals surface area contributed by atoms with Crippen LogP contribution in [0.3, 0.4) is 0 Å². The van der Waals surface area contributed by atoms with Crippen molar-refractivity contribution >= 4 is 23.5 Å². The fourth-order valence-corrected chi connectivity index (χ4v) is 7.27. The normalized spacial score (nSPS) is 34.1. The Morgan fingerprint density at radius 3 is 2.60 bits per heavy atom. The molecular formula is C17H26OS2. The Labute approximate surface area is 131 Å². The standard InChI is InChI=1S/C17H26OS2/c1-12(11-18)14-4-5-16(3)6-7-17(19-8-9-20-17)13(2)15(16)10-14/h10,12,18H,4-9,11H2,1-3H3/t12-,16+/m1/s1. The van der Waals surface area contributed by atoms with Gasteiger partial charge in [0.05, 0.1) is 4.08 Å². The SMILES string of the molecule is CC1=C2C=C([C@H](C)CO)CC[C@@]2(C)CCC12SCCS2. The van der Waals surface area contributed by atoms with Gasteiger partial charge in [0.25, 0.3) is 0 Å². The number of hydrogen-bond acceptors (Lipinski definition) is 3. The summed E-state index contributed by atoms with van der Waals surface area (Å²) in [7, 11) is 0. The topological polar surface area (TPSA) is 20.2 Å². The highest BCUT2D eigenvalue weighted by atomic mass is 32.2. The number of aliphatic hydroxyl groups is 1. The van der Waals surface area contributed by atoms with Crippen LogP contribution in [0.15, 0.2) is 22.8 Å². The third-order valence-electron chi connectivity index (χ3n) is 5.59. The van der Waals surface area contributed by atoms with Gasteiger partial charge >= 0.3 is 0 Å². The lowest BCUT2D eigenvalue weighted by Crippen LogP contribution is -2.36. The molecule has 0 aromatic rings. The van der Waals surface area contributed by atoms with Gasteiger partial charge in [-0.3, -0.25) is 0 Å². The summed E-state index contributed by atoms with van der Waals surface area (Å²) in [6, 6.07) is 0. The number of fused-ring (bicyclic) bond motifs is 1. The lowest BCUT2D eigenvalue weighted by molar-refractivity contribution is 0.242. The minimum absolute atomic E-state index is 0.281. The largest absolute Gasteiger partial charge is 0.396 e. The average molecular weight is 311 g/mol. The quantitative estimate of drug-likeness (QED) is 0.803. The number of hydrogen-bond donors (Lipinski definition) is 1. The summed E-state index contributed by atoms with van der Waals surface area (Å²) >= 11 is 4.34. The second kappa shape index (κ2) is 5.40. The van der Waals surface area contributed by atoms with Gasteiger partial charge in [0.2, 0.25) is 0 Å². The van der Waals surface area contributed by atoms with Gasteiger partial charge in [0.15, 0.2) is 0 Å². The first-order valence-corrected chi connectivity index (χ1v) is 9.79. The Kier molecular flexibility index (Phi) is 4.07. The molecule has 1 nitrogen and oxygen atoms in total. The first-order valence-electron chi connectivity index (χ1n) is 7.82. The summed E-state index contributed by atoms with van der Waals surface area (Å²) in [6.07, 6.45) is 7.56. The molecule has 1 spiro atoms. The molecule has 20 heavy (non-hydrogen) atoms. The van der Waals surface area contributed by atoms with Crippen LogP contribution in [-0.2, 0) is 0 Å². The van der Waals surface area contributed by atoms with Crippen LogP contribution in [-0.4, -0.2) is 27.3 Å². The van der Waals surface area contributed by atoms with Crippen molar-refractivity contribution in [3.8, 4) is 0 Å². The van der Waals surface area contributed by atoms with Crippen LogP contribution < -0.4 is 0 Å². The molecule has 1 fully saturated rings. The maximum absolute atomic E-state index is 9.45. The molecule has 112 valence electrons. The molecule has 0 saturated carbocycles. The molecule has 2 aliphatic carbocycles. The zero-order valence-electron chi connectivity index (χ0n) is 12.9. The van der Waals surface area contributed by atoms with Gasteiger partial charge in [-0.1, -0.05) is 25.5 Å². The van der Waals surface area contributed by atoms with E-state index in [9.17, 15) is 5.11 Å². The van der Waals surface area contributed by atoms with Gasteiger partial charge in [-0.15, -0.1) is 23.5 Å². The molecule has 0 aromatic carbocycles. The van der Waals surface area contributed by atoms with E-state index >= 15 is 0 Å². The fourth-order valence-electron chi connectivity index (χ4n) is 3.96. The summed E-state index contributed by atoms with van der Waals surface area (Å²) < 4.78 is 0.371. The van der Waals surface area contributed by atoms with E-state index in [0.29, 0.717) is 15.4 Å². The van der Waals surface area contributed by atoms with E-state index in [1.54, 1.807) is 11.1 Å². The van der Waals surface area contributed by atoms with Crippen LogP contribution in [0.1, 0.15) is 46.5 Å². The maximum Gasteiger partial charge on any atom is 0.0824 e. The predicted octanol–water partition coefficient (Wildman–Crippen LogP) is 4.63. The fraction of sp³-hybridized carbons (Fsp3) is 0.765. The van der Waals surface area contributed by atoms with Gasteiger partial charge in [-0.2, -0.15) is 0 Å². The third-order valence-corrected chi connectivity index (χ3v) is 9.32. The molecular weight excluding hydrogens is 284 g/mol. The van der Waals surface area contributed by atoms with Crippen molar-refractivity contribution in [2.75, 3.05) is 18.1 Å². The van der Waals surface area contributed by atoms with Crippen LogP contribution in [0.4, 0.5) is 0 Å². The van der Waals surface area contributed by atoms with E-state index < -0.39 is 0 Å². The molecule has 0 unspecified atom stereocenters. The third kappa shape index (κ3) is 2.30. The Bertz CT molecular complexity index is 460. The molecule has 0 bridgehead atoms. The first kappa shape index (κ1) is 15.1. The van der Waals surface area contributed by atoms with Gasteiger partial charge in [-0.05, 0) is 49.2 Å². The monoisotopic (exact) mass is 310 g/mol. The van der Waals surface area contributed by atoms with Crippen molar-refractivity contribution in [3.63, 3.8) is 0 Å². The molecule has 1 saturated heterocycles. The molecule has 1 aliphatic heterocycles. The molecule has 3 aliphatic rings. The molecule has 0 amide bonds. The van der Waals surface area contributed by atoms with Crippen LogP contribution in [0, 0.1) is 11.3 Å². The molecule has 1 heterocycles. The van der Waals surface area contributed by atoms with Crippen LogP contribution in [0.25, 0.3) is 0 Å². The lowest BCUT2D eigenvalue weighted by Gasteiger charge is -2.47. The van der Waals surface area contributed by atoms with Crippen molar-refractivity contribution in [3.05, 3.63) is 22.8 Å². The Balaban J connectivity index is 2.03. The van der Waals surface area contributed by atoms with Crippen LogP contribution in [0.5, 0.6) is 0 Å². The zero-order chi connectivity index (χ0) is 14.4. The van der Waals surface area contributed by atoms with Crippen molar-refractivity contribution < 1.29 is 5.11 Å². The van der Waals surface area contributed by atoms with Crippen molar-refractivity contribution in [1.82, 2.24) is 0 Å². The van der Waals surface area contributed by atoms with Gasteiger partial charge in [0, 0.05) is 24.0 Å². The molecule has 2 atom stereocenters. The van der Waals surface area contributed by atoms with E-state index in [1.165, 1.54) is 42.8 Å². The highest BCUT2D eigenvalue weighted by molar-refractivity contribution is 8.21. The molecule has 3 heteroatoms. The Morgan fingerprint density at radius 2 is 1.95 bits per heavy atom. The molecule has 0 aromatic heterocycles. The number of thioether (sulfide) groups is 2. The minimum Gasteiger partial charge on any atom is -0.396 e. The number of rotatable bonds is 2. The van der Waals surface area contributed by atoms with E-state index in [4.69, 9.17) is 0 Å². The molecule has 1 N–H and O–H groups in total. The minimum atomic E-state index is 0.281. The van der Waals surface area contributed by atoms with E-state index in [0.717, 1.165) is 0 Å². The number of allylic oxidation sites excluding steroid dienone is 2. The van der Waals surface area contributed by atoms with Crippen LogP contribution >= 0.6 is 23.5 Å². The maximum atomic E-state index is 9.45. The van der Waals surface area contributed by atoms with Gasteiger partial charge in [0.1, 0.15) is 0 Å². The van der Waals surface area contributed by atoms with Crippen molar-refractivity contribution in [2.24, 2.45) is 11.3 Å². The van der Waals surface area contributed by atoms with E-state index in [1.807, 2.05) is 0 Å². The summed E-state index contributed by atoms with van der Waals surface area (Å²) in [5.41, 5.74) is 5.08. The summed E-state index contributed by atoms with van der Waals surface area (Å²) in [5.74, 6) is 2.92. The predicted molar refractivity (Wildman–Crippen MR) is 91.3 cm³/mol. The smallest absolute Gasteiger partial charge is 0.0824 e. The summed E-state index contributed by atoms with van der Waals surface area (Å²) in [4.78, 5) is 0. The lowest BCUT2D eigenvalue weighted by atomic mass is 9.64. The second-order valence-corrected chi connectivity index (χ2v) is 9.90. The second-order valence-electron chi connectivity index (χ2n) is 6.85. The van der Waals surface area contributed by atoms with Gasteiger partial charge < -0.3 is 5.11 Å². The number of aliphatic hydroxyl groups excluding tert-OH is 1. The Morgan fingerprint density at radius 1 is 1.25 bits per heavy atom. The summed E-state index contributed by atoms with van der Waals surface area (Å²) in [6.45, 7) is 7.27. The average Bonchev–Trinajstić information content (AvgIpc) is 2.93.